The van der Waals surface area contributed by atoms with E-state index in [4.69, 9.17) is 10.00 Å². The first-order valence-electron chi connectivity index (χ1n) is 7.50. The van der Waals surface area contributed by atoms with Gasteiger partial charge in [-0.1, -0.05) is 0 Å². The lowest BCUT2D eigenvalue weighted by atomic mass is 10.1. The molecule has 1 aliphatic rings. The van der Waals surface area contributed by atoms with Gasteiger partial charge in [0.25, 0.3) is 0 Å². The molecular formula is C18H8F4N2O2S. The second-order valence-electron chi connectivity index (χ2n) is 5.51. The SMILES string of the molecule is N#Cc1ccc(F)c(C#N)c1Oc1ccc(SC(F)(F)F)c2c1CCC2=O. The number of ketones is 1. The molecule has 9 heteroatoms. The third kappa shape index (κ3) is 3.60. The standard InChI is InChI=1S/C18H8F4N2O2S/c19-12-3-1-9(7-23)17(11(12)8-24)26-14-5-6-15(27-18(20,21)22)16-10(14)2-4-13(16)25/h1,3,5-6H,2,4H2. The molecule has 0 atom stereocenters. The Kier molecular flexibility index (Phi) is 4.81. The van der Waals surface area contributed by atoms with Gasteiger partial charge < -0.3 is 4.74 Å². The third-order valence-corrected chi connectivity index (χ3v) is 4.68. The molecule has 0 heterocycles. The van der Waals surface area contributed by atoms with Crippen molar-refractivity contribution in [3.8, 4) is 23.6 Å². The van der Waals surface area contributed by atoms with Crippen LogP contribution in [0.5, 0.6) is 11.5 Å². The van der Waals surface area contributed by atoms with Gasteiger partial charge >= 0.3 is 5.51 Å². The highest BCUT2D eigenvalue weighted by atomic mass is 32.2. The lowest BCUT2D eigenvalue weighted by Gasteiger charge is -2.15. The highest BCUT2D eigenvalue weighted by molar-refractivity contribution is 8.00. The van der Waals surface area contributed by atoms with Crippen LogP contribution in [0.4, 0.5) is 17.6 Å². The third-order valence-electron chi connectivity index (χ3n) is 3.89. The Bertz CT molecular complexity index is 1040. The monoisotopic (exact) mass is 392 g/mol. The number of fused-ring (bicyclic) bond motifs is 1. The number of hydrogen-bond acceptors (Lipinski definition) is 5. The lowest BCUT2D eigenvalue weighted by molar-refractivity contribution is -0.0328. The number of benzene rings is 2. The predicted molar refractivity (Wildman–Crippen MR) is 86.9 cm³/mol. The molecule has 0 radical (unpaired) electrons. The molecule has 2 aromatic carbocycles. The number of halogens is 4. The minimum Gasteiger partial charge on any atom is -0.454 e. The summed E-state index contributed by atoms with van der Waals surface area (Å²) in [7, 11) is 0. The second kappa shape index (κ2) is 6.93. The number of rotatable bonds is 3. The van der Waals surface area contributed by atoms with E-state index in [1.54, 1.807) is 12.1 Å². The van der Waals surface area contributed by atoms with E-state index in [1.807, 2.05) is 0 Å². The molecule has 0 unspecified atom stereocenters. The fourth-order valence-electron chi connectivity index (χ4n) is 2.80. The number of Topliss-reactive ketones (excluding diaryl/α,β-unsaturated/α-hetero) is 1. The fraction of sp³-hybridized carbons (Fsp3) is 0.167. The van der Waals surface area contributed by atoms with E-state index in [0.717, 1.165) is 18.2 Å². The Morgan fingerprint density at radius 1 is 1.07 bits per heavy atom. The van der Waals surface area contributed by atoms with Gasteiger partial charge in [-0.15, -0.1) is 0 Å². The summed E-state index contributed by atoms with van der Waals surface area (Å²) < 4.78 is 57.6. The minimum atomic E-state index is -4.57. The Labute approximate surface area is 155 Å². The summed E-state index contributed by atoms with van der Waals surface area (Å²) >= 11 is -0.398. The molecule has 0 aliphatic heterocycles. The zero-order valence-electron chi connectivity index (χ0n) is 13.4. The van der Waals surface area contributed by atoms with Crippen molar-refractivity contribution in [3.63, 3.8) is 0 Å². The topological polar surface area (TPSA) is 73.9 Å². The lowest BCUT2D eigenvalue weighted by Crippen LogP contribution is -2.04. The van der Waals surface area contributed by atoms with E-state index in [-0.39, 0.29) is 45.9 Å². The van der Waals surface area contributed by atoms with Crippen molar-refractivity contribution in [3.05, 3.63) is 52.3 Å². The van der Waals surface area contributed by atoms with Gasteiger partial charge in [-0.3, -0.25) is 4.79 Å². The second-order valence-corrected chi connectivity index (χ2v) is 6.62. The van der Waals surface area contributed by atoms with Gasteiger partial charge in [0.1, 0.15) is 29.3 Å². The van der Waals surface area contributed by atoms with Crippen LogP contribution in [0, 0.1) is 28.5 Å². The summed E-state index contributed by atoms with van der Waals surface area (Å²) in [6, 6.07) is 7.77. The fourth-order valence-corrected chi connectivity index (χ4v) is 3.52. The summed E-state index contributed by atoms with van der Waals surface area (Å²) in [6.45, 7) is 0. The Hall–Kier alpha value is -3.04. The van der Waals surface area contributed by atoms with Crippen molar-refractivity contribution in [1.29, 1.82) is 10.5 Å². The Morgan fingerprint density at radius 3 is 2.44 bits per heavy atom. The molecule has 3 rings (SSSR count). The molecule has 0 aromatic heterocycles. The van der Waals surface area contributed by atoms with E-state index in [9.17, 15) is 27.6 Å². The molecule has 0 saturated heterocycles. The highest BCUT2D eigenvalue weighted by Gasteiger charge is 2.35. The van der Waals surface area contributed by atoms with E-state index in [0.29, 0.717) is 0 Å². The number of ether oxygens (including phenoxy) is 1. The average molecular weight is 392 g/mol. The normalized spacial score (nSPS) is 13.0. The van der Waals surface area contributed by atoms with Gasteiger partial charge in [0, 0.05) is 22.4 Å². The molecule has 4 nitrogen and oxygen atoms in total. The van der Waals surface area contributed by atoms with E-state index in [1.165, 1.54) is 6.07 Å². The predicted octanol–water partition coefficient (Wildman–Crippen LogP) is 5.10. The Morgan fingerprint density at radius 2 is 1.81 bits per heavy atom. The maximum Gasteiger partial charge on any atom is 0.446 e. The largest absolute Gasteiger partial charge is 0.454 e. The molecular weight excluding hydrogens is 384 g/mol. The van der Waals surface area contributed by atoms with E-state index >= 15 is 0 Å². The minimum absolute atomic E-state index is 0.0144. The van der Waals surface area contributed by atoms with Crippen molar-refractivity contribution in [2.45, 2.75) is 23.2 Å². The van der Waals surface area contributed by atoms with Crippen LogP contribution >= 0.6 is 11.8 Å². The van der Waals surface area contributed by atoms with Crippen LogP contribution in [0.1, 0.15) is 33.5 Å². The molecule has 27 heavy (non-hydrogen) atoms. The van der Waals surface area contributed by atoms with Gasteiger partial charge in [-0.2, -0.15) is 23.7 Å². The van der Waals surface area contributed by atoms with Crippen LogP contribution in [-0.2, 0) is 6.42 Å². The average Bonchev–Trinajstić information content (AvgIpc) is 2.99. The van der Waals surface area contributed by atoms with Gasteiger partial charge in [0.05, 0.1) is 5.56 Å². The molecule has 136 valence electrons. The van der Waals surface area contributed by atoms with Crippen molar-refractivity contribution in [2.75, 3.05) is 0 Å². The highest BCUT2D eigenvalue weighted by Crippen LogP contribution is 2.45. The van der Waals surface area contributed by atoms with Crippen LogP contribution in [0.3, 0.4) is 0 Å². The van der Waals surface area contributed by atoms with Crippen LogP contribution in [0.2, 0.25) is 0 Å². The quantitative estimate of drug-likeness (QED) is 0.537. The van der Waals surface area contributed by atoms with Crippen LogP contribution < -0.4 is 4.74 Å². The van der Waals surface area contributed by atoms with Crippen molar-refractivity contribution in [2.24, 2.45) is 0 Å². The van der Waals surface area contributed by atoms with Crippen LogP contribution in [0.25, 0.3) is 0 Å². The molecule has 1 aliphatic carbocycles. The molecule has 2 aromatic rings. The van der Waals surface area contributed by atoms with Gasteiger partial charge in [0.15, 0.2) is 11.5 Å². The molecule has 0 amide bonds. The number of hydrogen-bond donors (Lipinski definition) is 0. The number of alkyl halides is 3. The number of nitriles is 2. The summed E-state index contributed by atoms with van der Waals surface area (Å²) in [4.78, 5) is 11.8. The summed E-state index contributed by atoms with van der Waals surface area (Å²) in [5.41, 5.74) is -5.03. The molecule has 0 fully saturated rings. The maximum absolute atomic E-state index is 13.9. The molecule has 0 saturated carbocycles. The van der Waals surface area contributed by atoms with Gasteiger partial charge in [-0.25, -0.2) is 4.39 Å². The van der Waals surface area contributed by atoms with Crippen molar-refractivity contribution >= 4 is 17.5 Å². The Balaban J connectivity index is 2.12. The first kappa shape index (κ1) is 18.7. The smallest absolute Gasteiger partial charge is 0.446 e. The summed E-state index contributed by atoms with van der Waals surface area (Å²) in [6.07, 6.45) is 0.162. The zero-order valence-corrected chi connectivity index (χ0v) is 14.2. The number of thioether (sulfide) groups is 1. The number of carbonyl (C=O) groups is 1. The van der Waals surface area contributed by atoms with Gasteiger partial charge in [0.2, 0.25) is 0 Å². The first-order chi connectivity index (χ1) is 12.7. The van der Waals surface area contributed by atoms with Crippen LogP contribution in [-0.4, -0.2) is 11.3 Å². The van der Waals surface area contributed by atoms with Crippen LogP contribution in [0.15, 0.2) is 29.2 Å². The molecule has 0 N–H and O–H groups in total. The van der Waals surface area contributed by atoms with Crippen molar-refractivity contribution in [1.82, 2.24) is 0 Å². The van der Waals surface area contributed by atoms with E-state index in [2.05, 4.69) is 0 Å². The summed E-state index contributed by atoms with van der Waals surface area (Å²) in [5.74, 6) is -1.68. The zero-order chi connectivity index (χ0) is 19.8. The molecule has 0 spiro atoms. The first-order valence-corrected chi connectivity index (χ1v) is 8.32. The number of carbonyl (C=O) groups excluding carboxylic acids is 1. The van der Waals surface area contributed by atoms with Crippen molar-refractivity contribution < 1.29 is 27.1 Å². The maximum atomic E-state index is 13.9. The number of nitrogens with zero attached hydrogens (tertiary/aromatic N) is 2. The van der Waals surface area contributed by atoms with Gasteiger partial charge in [-0.05, 0) is 42.4 Å². The van der Waals surface area contributed by atoms with E-state index < -0.39 is 34.4 Å². The summed E-state index contributed by atoms with van der Waals surface area (Å²) in [5, 5.41) is 18.3. The molecule has 0 bridgehead atoms.